The van der Waals surface area contributed by atoms with Gasteiger partial charge in [-0.05, 0) is 33.6 Å². The van der Waals surface area contributed by atoms with E-state index in [0.717, 1.165) is 5.56 Å². The Morgan fingerprint density at radius 2 is 2.27 bits per heavy atom. The summed E-state index contributed by atoms with van der Waals surface area (Å²) in [6.45, 7) is 0. The Morgan fingerprint density at radius 1 is 1.60 bits per heavy atom. The van der Waals surface area contributed by atoms with E-state index in [1.807, 2.05) is 0 Å². The molecule has 5 heteroatoms. The second-order valence-corrected chi connectivity index (χ2v) is 4.04. The number of ether oxygens (including phenoxy) is 1. The van der Waals surface area contributed by atoms with E-state index in [0.29, 0.717) is 20.9 Å². The third kappa shape index (κ3) is 2.39. The lowest BCUT2D eigenvalue weighted by Crippen LogP contribution is -2.04. The minimum atomic E-state index is -0.423. The van der Waals surface area contributed by atoms with Gasteiger partial charge in [0, 0.05) is 9.80 Å². The van der Waals surface area contributed by atoms with Gasteiger partial charge in [-0.1, -0.05) is 15.9 Å². The molecule has 0 aliphatic heterocycles. The predicted octanol–water partition coefficient (Wildman–Crippen LogP) is 3.00. The molecule has 78 valence electrons. The van der Waals surface area contributed by atoms with Crippen LogP contribution in [-0.4, -0.2) is 13.1 Å². The van der Waals surface area contributed by atoms with Crippen molar-refractivity contribution in [2.45, 2.75) is 5.33 Å². The maximum absolute atomic E-state index is 11.4. The first-order chi connectivity index (χ1) is 7.15. The second kappa shape index (κ2) is 5.29. The average molecular weight is 333 g/mol. The molecule has 3 nitrogen and oxygen atoms in total. The van der Waals surface area contributed by atoms with E-state index in [2.05, 4.69) is 42.7 Å². The first kappa shape index (κ1) is 12.2. The van der Waals surface area contributed by atoms with Crippen LogP contribution in [0.5, 0.6) is 0 Å². The molecular formula is C10H7Br2NO2. The number of alkyl halides is 1. The van der Waals surface area contributed by atoms with E-state index < -0.39 is 5.97 Å². The number of methoxy groups -OCH3 is 1. The summed E-state index contributed by atoms with van der Waals surface area (Å²) in [5, 5.41) is 9.35. The minimum Gasteiger partial charge on any atom is -0.465 e. The van der Waals surface area contributed by atoms with Crippen LogP contribution >= 0.6 is 31.9 Å². The fourth-order valence-corrected chi connectivity index (χ4v) is 2.73. The Labute approximate surface area is 104 Å². The third-order valence-electron chi connectivity index (χ3n) is 1.90. The van der Waals surface area contributed by atoms with Crippen LogP contribution in [-0.2, 0) is 10.1 Å². The monoisotopic (exact) mass is 331 g/mol. The molecule has 0 amide bonds. The number of carbonyl (C=O) groups excluding carboxylic acids is 1. The lowest BCUT2D eigenvalue weighted by molar-refractivity contribution is 0.0599. The molecule has 1 aromatic carbocycles. The van der Waals surface area contributed by atoms with Gasteiger partial charge in [-0.25, -0.2) is 4.79 Å². The summed E-state index contributed by atoms with van der Waals surface area (Å²) in [7, 11) is 1.32. The number of rotatable bonds is 2. The number of esters is 1. The van der Waals surface area contributed by atoms with E-state index in [1.54, 1.807) is 12.1 Å². The number of hydrogen-bond acceptors (Lipinski definition) is 3. The molecule has 0 N–H and O–H groups in total. The molecule has 0 aromatic heterocycles. The van der Waals surface area contributed by atoms with E-state index in [-0.39, 0.29) is 0 Å². The minimum absolute atomic E-state index is 0.422. The summed E-state index contributed by atoms with van der Waals surface area (Å²) < 4.78 is 5.23. The fraction of sp³-hybridized carbons (Fsp3) is 0.200. The highest BCUT2D eigenvalue weighted by Crippen LogP contribution is 2.27. The number of hydrogen-bond donors (Lipinski definition) is 0. The Balaban J connectivity index is 3.37. The normalized spacial score (nSPS) is 9.47. The van der Waals surface area contributed by atoms with Gasteiger partial charge >= 0.3 is 5.97 Å². The van der Waals surface area contributed by atoms with Gasteiger partial charge in [-0.15, -0.1) is 0 Å². The van der Waals surface area contributed by atoms with Gasteiger partial charge in [-0.3, -0.25) is 0 Å². The van der Waals surface area contributed by atoms with Crippen LogP contribution in [0.15, 0.2) is 16.6 Å². The highest BCUT2D eigenvalue weighted by molar-refractivity contribution is 9.10. The van der Waals surface area contributed by atoms with Gasteiger partial charge in [-0.2, -0.15) is 5.26 Å². The molecule has 0 spiro atoms. The Bertz CT molecular complexity index is 438. The zero-order valence-electron chi connectivity index (χ0n) is 7.88. The molecule has 15 heavy (non-hydrogen) atoms. The largest absolute Gasteiger partial charge is 0.465 e. The molecule has 0 radical (unpaired) electrons. The number of nitrogens with zero attached hydrogens (tertiary/aromatic N) is 1. The lowest BCUT2D eigenvalue weighted by Gasteiger charge is -2.07. The Hall–Kier alpha value is -0.860. The lowest BCUT2D eigenvalue weighted by atomic mass is 10.1. The van der Waals surface area contributed by atoms with E-state index >= 15 is 0 Å². The molecule has 0 fully saturated rings. The fourth-order valence-electron chi connectivity index (χ4n) is 1.12. The summed E-state index contributed by atoms with van der Waals surface area (Å²) in [6.07, 6.45) is 0. The predicted molar refractivity (Wildman–Crippen MR) is 62.8 cm³/mol. The van der Waals surface area contributed by atoms with Gasteiger partial charge < -0.3 is 4.74 Å². The van der Waals surface area contributed by atoms with Crippen molar-refractivity contribution in [2.75, 3.05) is 7.11 Å². The van der Waals surface area contributed by atoms with Crippen molar-refractivity contribution in [1.29, 1.82) is 5.26 Å². The zero-order chi connectivity index (χ0) is 11.4. The first-order valence-corrected chi connectivity index (χ1v) is 5.93. The third-order valence-corrected chi connectivity index (χ3v) is 3.37. The van der Waals surface area contributed by atoms with Crippen LogP contribution < -0.4 is 0 Å². The van der Waals surface area contributed by atoms with Crippen LogP contribution in [0, 0.1) is 11.3 Å². The van der Waals surface area contributed by atoms with Gasteiger partial charge in [0.05, 0.1) is 24.3 Å². The number of nitriles is 1. The summed E-state index contributed by atoms with van der Waals surface area (Å²) in [4.78, 5) is 11.4. The van der Waals surface area contributed by atoms with Crippen molar-refractivity contribution in [1.82, 2.24) is 0 Å². The van der Waals surface area contributed by atoms with Crippen molar-refractivity contribution < 1.29 is 9.53 Å². The molecule has 0 bridgehead atoms. The number of benzene rings is 1. The van der Waals surface area contributed by atoms with E-state index in [4.69, 9.17) is 5.26 Å². The van der Waals surface area contributed by atoms with Gasteiger partial charge in [0.15, 0.2) is 0 Å². The average Bonchev–Trinajstić information content (AvgIpc) is 2.27. The SMILES string of the molecule is COC(=O)c1ccc(C#N)c(CBr)c1Br. The molecule has 0 aliphatic carbocycles. The van der Waals surface area contributed by atoms with Crippen molar-refractivity contribution in [3.63, 3.8) is 0 Å². The summed E-state index contributed by atoms with van der Waals surface area (Å²) >= 11 is 6.56. The first-order valence-electron chi connectivity index (χ1n) is 4.01. The van der Waals surface area contributed by atoms with Crippen molar-refractivity contribution in [2.24, 2.45) is 0 Å². The molecule has 0 atom stereocenters. The van der Waals surface area contributed by atoms with E-state index in [9.17, 15) is 4.79 Å². The molecule has 0 aliphatic rings. The smallest absolute Gasteiger partial charge is 0.339 e. The summed E-state index contributed by atoms with van der Waals surface area (Å²) in [5.74, 6) is -0.423. The summed E-state index contributed by atoms with van der Waals surface area (Å²) in [5.41, 5.74) is 1.71. The van der Waals surface area contributed by atoms with Crippen LogP contribution in [0.1, 0.15) is 21.5 Å². The maximum atomic E-state index is 11.4. The van der Waals surface area contributed by atoms with Crippen molar-refractivity contribution >= 4 is 37.8 Å². The van der Waals surface area contributed by atoms with Crippen LogP contribution in [0.3, 0.4) is 0 Å². The Morgan fingerprint density at radius 3 is 2.73 bits per heavy atom. The molecule has 0 saturated heterocycles. The quantitative estimate of drug-likeness (QED) is 0.618. The topological polar surface area (TPSA) is 50.1 Å². The van der Waals surface area contributed by atoms with Gasteiger partial charge in [0.1, 0.15) is 0 Å². The summed E-state index contributed by atoms with van der Waals surface area (Å²) in [6, 6.07) is 5.23. The molecule has 0 heterocycles. The second-order valence-electron chi connectivity index (χ2n) is 2.69. The molecule has 0 saturated carbocycles. The molecular weight excluding hydrogens is 326 g/mol. The van der Waals surface area contributed by atoms with Crippen molar-refractivity contribution in [3.05, 3.63) is 33.3 Å². The number of halogens is 2. The van der Waals surface area contributed by atoms with Crippen LogP contribution in [0.2, 0.25) is 0 Å². The standard InChI is InChI=1S/C10H7Br2NO2/c1-15-10(14)7-3-2-6(5-13)8(4-11)9(7)12/h2-3H,4H2,1H3. The van der Waals surface area contributed by atoms with Crippen LogP contribution in [0.4, 0.5) is 0 Å². The molecule has 1 rings (SSSR count). The maximum Gasteiger partial charge on any atom is 0.339 e. The number of carbonyl (C=O) groups is 1. The van der Waals surface area contributed by atoms with Gasteiger partial charge in [0.2, 0.25) is 0 Å². The van der Waals surface area contributed by atoms with Crippen LogP contribution in [0.25, 0.3) is 0 Å². The highest BCUT2D eigenvalue weighted by atomic mass is 79.9. The van der Waals surface area contributed by atoms with Crippen molar-refractivity contribution in [3.8, 4) is 6.07 Å². The Kier molecular flexibility index (Phi) is 4.30. The zero-order valence-corrected chi connectivity index (χ0v) is 11.1. The van der Waals surface area contributed by atoms with E-state index in [1.165, 1.54) is 7.11 Å². The molecule has 0 unspecified atom stereocenters. The van der Waals surface area contributed by atoms with Gasteiger partial charge in [0.25, 0.3) is 0 Å². The highest BCUT2D eigenvalue weighted by Gasteiger charge is 2.15. The molecule has 1 aromatic rings.